The van der Waals surface area contributed by atoms with Crippen LogP contribution in [0.25, 0.3) is 0 Å². The van der Waals surface area contributed by atoms with Gasteiger partial charge in [-0.1, -0.05) is 12.6 Å². The zero-order valence-electron chi connectivity index (χ0n) is 13.0. The van der Waals surface area contributed by atoms with Gasteiger partial charge in [-0.25, -0.2) is 8.78 Å². The number of rotatable bonds is 4. The first kappa shape index (κ1) is 16.1. The molecule has 2 aliphatic carbocycles. The van der Waals surface area contributed by atoms with E-state index < -0.39 is 5.92 Å². The number of carbonyl (C=O) groups is 1. The van der Waals surface area contributed by atoms with Gasteiger partial charge in [0.05, 0.1) is 12.2 Å². The fraction of sp³-hybridized carbons (Fsp3) is 0.500. The predicted molar refractivity (Wildman–Crippen MR) is 84.6 cm³/mol. The summed E-state index contributed by atoms with van der Waals surface area (Å²) in [5.41, 5.74) is 2.97. The molecule has 1 N–H and O–H groups in total. The molecular weight excluding hydrogens is 300 g/mol. The van der Waals surface area contributed by atoms with Crippen LogP contribution in [-0.4, -0.2) is 17.9 Å². The Kier molecular flexibility index (Phi) is 4.48. The standard InChI is InChI=1S/C18H21F2NO2/c1-2-17(22)21-13-5-3-12-4-6-16(15(12)11-13)23-14-7-9-18(19,20)10-8-14/h2-3,5,11,14,16H,1,4,6-10H2,(H,21,22). The van der Waals surface area contributed by atoms with Crippen LogP contribution in [0.2, 0.25) is 0 Å². The third-order valence-electron chi connectivity index (χ3n) is 4.64. The van der Waals surface area contributed by atoms with E-state index in [0.717, 1.165) is 18.4 Å². The summed E-state index contributed by atoms with van der Waals surface area (Å²) >= 11 is 0. The molecule has 1 fully saturated rings. The Balaban J connectivity index is 1.67. The van der Waals surface area contributed by atoms with E-state index in [2.05, 4.69) is 11.9 Å². The Morgan fingerprint density at radius 3 is 2.74 bits per heavy atom. The lowest BCUT2D eigenvalue weighted by molar-refractivity contribution is -0.111. The summed E-state index contributed by atoms with van der Waals surface area (Å²) in [6, 6.07) is 5.78. The largest absolute Gasteiger partial charge is 0.370 e. The van der Waals surface area contributed by atoms with Gasteiger partial charge >= 0.3 is 0 Å². The Bertz CT molecular complexity index is 605. The molecule has 0 heterocycles. The van der Waals surface area contributed by atoms with Crippen LogP contribution in [0.3, 0.4) is 0 Å². The third-order valence-corrected chi connectivity index (χ3v) is 4.64. The van der Waals surface area contributed by atoms with Gasteiger partial charge in [0.1, 0.15) is 0 Å². The van der Waals surface area contributed by atoms with Crippen LogP contribution in [0.1, 0.15) is 49.3 Å². The molecule has 0 spiro atoms. The van der Waals surface area contributed by atoms with Gasteiger partial charge in [0.25, 0.3) is 0 Å². The number of ether oxygens (including phenoxy) is 1. The minimum absolute atomic E-state index is 0.0673. The number of hydrogen-bond donors (Lipinski definition) is 1. The molecule has 2 aliphatic rings. The van der Waals surface area contributed by atoms with E-state index in [9.17, 15) is 13.6 Å². The topological polar surface area (TPSA) is 38.3 Å². The number of benzene rings is 1. The highest BCUT2D eigenvalue weighted by atomic mass is 19.3. The second-order valence-corrected chi connectivity index (χ2v) is 6.33. The molecule has 1 unspecified atom stereocenters. The van der Waals surface area contributed by atoms with Crippen LogP contribution in [0.15, 0.2) is 30.9 Å². The average molecular weight is 321 g/mol. The first-order valence-corrected chi connectivity index (χ1v) is 8.06. The molecular formula is C18H21F2NO2. The predicted octanol–water partition coefficient (Wildman–Crippen LogP) is 4.39. The van der Waals surface area contributed by atoms with Crippen molar-refractivity contribution in [1.29, 1.82) is 0 Å². The molecule has 124 valence electrons. The minimum Gasteiger partial charge on any atom is -0.370 e. The second-order valence-electron chi connectivity index (χ2n) is 6.33. The minimum atomic E-state index is -2.53. The van der Waals surface area contributed by atoms with Crippen LogP contribution in [0.5, 0.6) is 0 Å². The highest BCUT2D eigenvalue weighted by Gasteiger charge is 2.37. The molecule has 23 heavy (non-hydrogen) atoms. The van der Waals surface area contributed by atoms with Crippen molar-refractivity contribution < 1.29 is 18.3 Å². The number of amides is 1. The van der Waals surface area contributed by atoms with Gasteiger partial charge in [-0.3, -0.25) is 4.79 Å². The molecule has 3 nitrogen and oxygen atoms in total. The number of hydrogen-bond acceptors (Lipinski definition) is 2. The highest BCUT2D eigenvalue weighted by molar-refractivity contribution is 5.98. The van der Waals surface area contributed by atoms with E-state index in [1.54, 1.807) is 0 Å². The number of nitrogens with one attached hydrogen (secondary N) is 1. The lowest BCUT2D eigenvalue weighted by Gasteiger charge is -2.30. The maximum absolute atomic E-state index is 13.2. The summed E-state index contributed by atoms with van der Waals surface area (Å²) in [5, 5.41) is 2.74. The highest BCUT2D eigenvalue weighted by Crippen LogP contribution is 2.40. The van der Waals surface area contributed by atoms with Gasteiger partial charge in [-0.05, 0) is 55.0 Å². The maximum Gasteiger partial charge on any atom is 0.248 e. The number of halogens is 2. The van der Waals surface area contributed by atoms with Crippen molar-refractivity contribution in [2.45, 2.75) is 56.7 Å². The van der Waals surface area contributed by atoms with Crippen LogP contribution in [-0.2, 0) is 16.0 Å². The summed E-state index contributed by atoms with van der Waals surface area (Å²) in [5.74, 6) is -2.79. The normalized spacial score (nSPS) is 23.3. The summed E-state index contributed by atoms with van der Waals surface area (Å²) in [6.45, 7) is 3.44. The molecule has 0 aliphatic heterocycles. The molecule has 3 rings (SSSR count). The smallest absolute Gasteiger partial charge is 0.248 e. The second kappa shape index (κ2) is 6.40. The maximum atomic E-state index is 13.2. The number of alkyl halides is 2. The van der Waals surface area contributed by atoms with Gasteiger partial charge in [-0.15, -0.1) is 0 Å². The summed E-state index contributed by atoms with van der Waals surface area (Å²) in [7, 11) is 0. The van der Waals surface area contributed by atoms with Gasteiger partial charge < -0.3 is 10.1 Å². The quantitative estimate of drug-likeness (QED) is 0.835. The molecule has 1 aromatic rings. The first-order valence-electron chi connectivity index (χ1n) is 8.06. The van der Waals surface area contributed by atoms with E-state index in [-0.39, 0.29) is 31.0 Å². The van der Waals surface area contributed by atoms with E-state index in [0.29, 0.717) is 18.5 Å². The fourth-order valence-corrected chi connectivity index (χ4v) is 3.36. The molecule has 0 aromatic heterocycles. The van der Waals surface area contributed by atoms with Gasteiger partial charge in [0.2, 0.25) is 11.8 Å². The van der Waals surface area contributed by atoms with Gasteiger partial charge in [-0.2, -0.15) is 0 Å². The summed E-state index contributed by atoms with van der Waals surface area (Å²) in [4.78, 5) is 11.4. The molecule has 0 saturated heterocycles. The number of fused-ring (bicyclic) bond motifs is 1. The monoisotopic (exact) mass is 321 g/mol. The number of carbonyl (C=O) groups excluding carboxylic acids is 1. The Morgan fingerprint density at radius 2 is 2.04 bits per heavy atom. The van der Waals surface area contributed by atoms with Crippen LogP contribution >= 0.6 is 0 Å². The molecule has 1 saturated carbocycles. The molecule has 0 radical (unpaired) electrons. The van der Waals surface area contributed by atoms with Crippen molar-refractivity contribution in [2.24, 2.45) is 0 Å². The molecule has 1 aromatic carbocycles. The van der Waals surface area contributed by atoms with Crippen molar-refractivity contribution in [2.75, 3.05) is 5.32 Å². The van der Waals surface area contributed by atoms with E-state index >= 15 is 0 Å². The van der Waals surface area contributed by atoms with Crippen LogP contribution in [0, 0.1) is 0 Å². The number of anilines is 1. The number of aryl methyl sites for hydroxylation is 1. The molecule has 1 atom stereocenters. The van der Waals surface area contributed by atoms with E-state index in [1.165, 1.54) is 11.6 Å². The van der Waals surface area contributed by atoms with Crippen molar-refractivity contribution >= 4 is 11.6 Å². The van der Waals surface area contributed by atoms with Crippen molar-refractivity contribution in [3.05, 3.63) is 42.0 Å². The zero-order chi connectivity index (χ0) is 16.4. The van der Waals surface area contributed by atoms with Crippen molar-refractivity contribution in [3.8, 4) is 0 Å². The Labute approximate surface area is 134 Å². The molecule has 1 amide bonds. The van der Waals surface area contributed by atoms with Gasteiger partial charge in [0, 0.05) is 18.5 Å². The molecule has 5 heteroatoms. The average Bonchev–Trinajstić information content (AvgIpc) is 2.92. The SMILES string of the molecule is C=CC(=O)Nc1ccc2c(c1)C(OC1CCC(F)(F)CC1)CC2. The van der Waals surface area contributed by atoms with Crippen LogP contribution in [0.4, 0.5) is 14.5 Å². The fourth-order valence-electron chi connectivity index (χ4n) is 3.36. The third kappa shape index (κ3) is 3.78. The lowest BCUT2D eigenvalue weighted by Crippen LogP contribution is -2.29. The summed E-state index contributed by atoms with van der Waals surface area (Å²) in [6.07, 6.45) is 3.47. The van der Waals surface area contributed by atoms with E-state index in [1.807, 2.05) is 18.2 Å². The Hall–Kier alpha value is -1.75. The van der Waals surface area contributed by atoms with Gasteiger partial charge in [0.15, 0.2) is 0 Å². The summed E-state index contributed by atoms with van der Waals surface area (Å²) < 4.78 is 32.6. The first-order chi connectivity index (χ1) is 11.0. The van der Waals surface area contributed by atoms with Crippen LogP contribution < -0.4 is 5.32 Å². The van der Waals surface area contributed by atoms with E-state index in [4.69, 9.17) is 4.74 Å². The Morgan fingerprint density at radius 1 is 1.30 bits per heavy atom. The lowest BCUT2D eigenvalue weighted by atomic mass is 9.94. The zero-order valence-corrected chi connectivity index (χ0v) is 13.0. The molecule has 0 bridgehead atoms. The van der Waals surface area contributed by atoms with Crippen molar-refractivity contribution in [3.63, 3.8) is 0 Å². The van der Waals surface area contributed by atoms with Crippen molar-refractivity contribution in [1.82, 2.24) is 0 Å².